The molecule has 0 spiro atoms. The van der Waals surface area contributed by atoms with Gasteiger partial charge in [0.1, 0.15) is 12.4 Å². The Kier molecular flexibility index (Phi) is 8.95. The van der Waals surface area contributed by atoms with Crippen molar-refractivity contribution in [2.24, 2.45) is 0 Å². The highest BCUT2D eigenvalue weighted by atomic mass is 16.5. The van der Waals surface area contributed by atoms with E-state index in [1.165, 1.54) is 0 Å². The number of pyridine rings is 1. The van der Waals surface area contributed by atoms with Gasteiger partial charge in [0.25, 0.3) is 0 Å². The Bertz CT molecular complexity index is 783. The monoisotopic (exact) mass is 398 g/mol. The first-order chi connectivity index (χ1) is 14.0. The summed E-state index contributed by atoms with van der Waals surface area (Å²) >= 11 is 0. The van der Waals surface area contributed by atoms with Gasteiger partial charge in [0.05, 0.1) is 11.7 Å². The molecular weight excluding hydrogens is 368 g/mol. The van der Waals surface area contributed by atoms with E-state index in [0.717, 1.165) is 17.7 Å². The molecule has 0 fully saturated rings. The first kappa shape index (κ1) is 22.2. The summed E-state index contributed by atoms with van der Waals surface area (Å²) in [4.78, 5) is 28.1. The van der Waals surface area contributed by atoms with Crippen molar-refractivity contribution in [3.63, 3.8) is 0 Å². The molecule has 0 aliphatic carbocycles. The molecule has 7 nitrogen and oxygen atoms in total. The number of nitrogens with one attached hydrogen (secondary N) is 3. The van der Waals surface area contributed by atoms with Gasteiger partial charge in [-0.1, -0.05) is 25.1 Å². The van der Waals surface area contributed by atoms with Gasteiger partial charge in [-0.2, -0.15) is 0 Å². The minimum absolute atomic E-state index is 0.0644. The van der Waals surface area contributed by atoms with Gasteiger partial charge in [0.15, 0.2) is 0 Å². The third-order valence-electron chi connectivity index (χ3n) is 4.48. The zero-order valence-corrected chi connectivity index (χ0v) is 17.3. The Hall–Kier alpha value is -3.09. The molecule has 0 unspecified atom stereocenters. The van der Waals surface area contributed by atoms with Crippen LogP contribution >= 0.6 is 0 Å². The summed E-state index contributed by atoms with van der Waals surface area (Å²) in [6.07, 6.45) is 2.86. The number of benzene rings is 1. The number of amides is 3. The predicted molar refractivity (Wildman–Crippen MR) is 112 cm³/mol. The van der Waals surface area contributed by atoms with Gasteiger partial charge < -0.3 is 20.7 Å². The van der Waals surface area contributed by atoms with E-state index in [1.807, 2.05) is 63.2 Å². The van der Waals surface area contributed by atoms with Crippen LogP contribution in [0.4, 0.5) is 4.79 Å². The highest BCUT2D eigenvalue weighted by Crippen LogP contribution is 2.19. The molecule has 1 aromatic heterocycles. The lowest BCUT2D eigenvalue weighted by Crippen LogP contribution is -2.40. The second-order valence-corrected chi connectivity index (χ2v) is 6.93. The molecule has 3 N–H and O–H groups in total. The van der Waals surface area contributed by atoms with E-state index < -0.39 is 0 Å². The molecule has 7 heteroatoms. The average Bonchev–Trinajstić information content (AvgIpc) is 2.73. The quantitative estimate of drug-likeness (QED) is 0.572. The second kappa shape index (κ2) is 11.7. The van der Waals surface area contributed by atoms with Crippen LogP contribution in [-0.2, 0) is 11.4 Å². The van der Waals surface area contributed by atoms with Crippen LogP contribution in [0.25, 0.3) is 0 Å². The summed E-state index contributed by atoms with van der Waals surface area (Å²) in [6, 6.07) is 12.9. The van der Waals surface area contributed by atoms with Crippen LogP contribution in [0.1, 0.15) is 50.9 Å². The van der Waals surface area contributed by atoms with Gasteiger partial charge in [-0.15, -0.1) is 0 Å². The molecule has 2 atom stereocenters. The molecule has 3 amide bonds. The summed E-state index contributed by atoms with van der Waals surface area (Å²) < 4.78 is 5.78. The smallest absolute Gasteiger partial charge is 0.315 e. The number of hydrogen-bond donors (Lipinski definition) is 3. The van der Waals surface area contributed by atoms with Crippen molar-refractivity contribution in [3.8, 4) is 5.75 Å². The number of aromatic nitrogens is 1. The lowest BCUT2D eigenvalue weighted by atomic mass is 10.1. The lowest BCUT2D eigenvalue weighted by Gasteiger charge is -2.16. The Morgan fingerprint density at radius 3 is 2.66 bits per heavy atom. The van der Waals surface area contributed by atoms with E-state index in [2.05, 4.69) is 20.9 Å². The molecule has 2 aromatic rings. The number of carbonyl (C=O) groups excluding carboxylic acids is 2. The number of ether oxygens (including phenoxy) is 1. The van der Waals surface area contributed by atoms with Crippen LogP contribution < -0.4 is 20.7 Å². The Labute approximate surface area is 172 Å². The number of nitrogens with zero attached hydrogens (tertiary/aromatic N) is 1. The standard InChI is InChI=1S/C22H30N4O3/c1-4-16(2)25-21(27)11-13-24-22(28)26-17(3)18-8-7-10-20(14-18)29-15-19-9-5-6-12-23-19/h5-10,12,14,16-17H,4,11,13,15H2,1-3H3,(H,25,27)(H2,24,26,28)/t16-,17-/m0/s1. The summed E-state index contributed by atoms with van der Waals surface area (Å²) in [6.45, 7) is 6.52. The number of rotatable bonds is 10. The third-order valence-corrected chi connectivity index (χ3v) is 4.48. The van der Waals surface area contributed by atoms with Gasteiger partial charge in [0, 0.05) is 25.2 Å². The van der Waals surface area contributed by atoms with E-state index in [-0.39, 0.29) is 37.0 Å². The molecule has 29 heavy (non-hydrogen) atoms. The van der Waals surface area contributed by atoms with E-state index in [4.69, 9.17) is 4.74 Å². The Morgan fingerprint density at radius 2 is 1.93 bits per heavy atom. The van der Waals surface area contributed by atoms with Crippen LogP contribution in [0, 0.1) is 0 Å². The molecular formula is C22H30N4O3. The topological polar surface area (TPSA) is 92.4 Å². The zero-order valence-electron chi connectivity index (χ0n) is 17.3. The van der Waals surface area contributed by atoms with Gasteiger partial charge in [0.2, 0.25) is 5.91 Å². The van der Waals surface area contributed by atoms with Crippen molar-refractivity contribution in [2.45, 2.75) is 52.3 Å². The predicted octanol–water partition coefficient (Wildman–Crippen LogP) is 3.33. The molecule has 1 aromatic carbocycles. The molecule has 0 aliphatic rings. The maximum Gasteiger partial charge on any atom is 0.315 e. The molecule has 0 saturated carbocycles. The van der Waals surface area contributed by atoms with Crippen molar-refractivity contribution in [1.82, 2.24) is 20.9 Å². The minimum atomic E-state index is -0.311. The van der Waals surface area contributed by atoms with Crippen LogP contribution in [0.15, 0.2) is 48.7 Å². The van der Waals surface area contributed by atoms with E-state index in [0.29, 0.717) is 12.4 Å². The summed E-state index contributed by atoms with van der Waals surface area (Å²) in [5.74, 6) is 0.648. The van der Waals surface area contributed by atoms with E-state index in [1.54, 1.807) is 6.20 Å². The highest BCUT2D eigenvalue weighted by molar-refractivity contribution is 5.78. The summed E-state index contributed by atoms with van der Waals surface area (Å²) in [5.41, 5.74) is 1.77. The van der Waals surface area contributed by atoms with Crippen LogP contribution in [0.3, 0.4) is 0 Å². The average molecular weight is 399 g/mol. The van der Waals surface area contributed by atoms with Crippen molar-refractivity contribution < 1.29 is 14.3 Å². The number of hydrogen-bond acceptors (Lipinski definition) is 4. The number of carbonyl (C=O) groups is 2. The van der Waals surface area contributed by atoms with Crippen molar-refractivity contribution in [2.75, 3.05) is 6.54 Å². The fourth-order valence-electron chi connectivity index (χ4n) is 2.58. The maximum absolute atomic E-state index is 12.1. The summed E-state index contributed by atoms with van der Waals surface area (Å²) in [7, 11) is 0. The first-order valence-corrected chi connectivity index (χ1v) is 9.94. The van der Waals surface area contributed by atoms with Crippen LogP contribution in [0.2, 0.25) is 0 Å². The van der Waals surface area contributed by atoms with Gasteiger partial charge in [-0.25, -0.2) is 4.79 Å². The second-order valence-electron chi connectivity index (χ2n) is 6.93. The van der Waals surface area contributed by atoms with Crippen LogP contribution in [0.5, 0.6) is 5.75 Å². The normalized spacial score (nSPS) is 12.5. The van der Waals surface area contributed by atoms with Gasteiger partial charge in [-0.05, 0) is 50.1 Å². The first-order valence-electron chi connectivity index (χ1n) is 9.94. The van der Waals surface area contributed by atoms with Crippen molar-refractivity contribution >= 4 is 11.9 Å². The van der Waals surface area contributed by atoms with E-state index >= 15 is 0 Å². The van der Waals surface area contributed by atoms with Gasteiger partial charge >= 0.3 is 6.03 Å². The fraction of sp³-hybridized carbons (Fsp3) is 0.409. The zero-order chi connectivity index (χ0) is 21.1. The molecule has 0 saturated heterocycles. The molecule has 0 bridgehead atoms. The Morgan fingerprint density at radius 1 is 1.10 bits per heavy atom. The summed E-state index contributed by atoms with van der Waals surface area (Å²) in [5, 5.41) is 8.46. The Balaban J connectivity index is 1.77. The molecule has 1 heterocycles. The van der Waals surface area contributed by atoms with Crippen molar-refractivity contribution in [3.05, 3.63) is 59.9 Å². The maximum atomic E-state index is 12.1. The van der Waals surface area contributed by atoms with Crippen LogP contribution in [-0.4, -0.2) is 29.5 Å². The molecule has 0 aliphatic heterocycles. The minimum Gasteiger partial charge on any atom is -0.487 e. The highest BCUT2D eigenvalue weighted by Gasteiger charge is 2.11. The largest absolute Gasteiger partial charge is 0.487 e. The van der Waals surface area contributed by atoms with Gasteiger partial charge in [-0.3, -0.25) is 9.78 Å². The molecule has 156 valence electrons. The fourth-order valence-corrected chi connectivity index (χ4v) is 2.58. The van der Waals surface area contributed by atoms with Crippen molar-refractivity contribution in [1.29, 1.82) is 0 Å². The number of urea groups is 1. The third kappa shape index (κ3) is 8.21. The van der Waals surface area contributed by atoms with E-state index in [9.17, 15) is 9.59 Å². The SMILES string of the molecule is CC[C@H](C)NC(=O)CCNC(=O)N[C@@H](C)c1cccc(OCc2ccccn2)c1. The lowest BCUT2D eigenvalue weighted by molar-refractivity contribution is -0.121. The molecule has 2 rings (SSSR count). The molecule has 0 radical (unpaired) electrons.